The van der Waals surface area contributed by atoms with E-state index >= 15 is 0 Å². The number of carbonyl (C=O) groups is 1. The van der Waals surface area contributed by atoms with Crippen molar-refractivity contribution in [1.82, 2.24) is 4.90 Å². The standard InChI is InChI=1S/C16H22FNO/c1-12-4-3-5-13(2)18(12)11-16(19)10-14-6-8-15(17)9-7-14/h6-9,12-13H,3-5,10-11H2,1-2H3/t12-,13+. The monoisotopic (exact) mass is 263 g/mol. The van der Waals surface area contributed by atoms with Crippen LogP contribution in [0.5, 0.6) is 0 Å². The number of piperidine rings is 1. The van der Waals surface area contributed by atoms with Crippen LogP contribution in [0.15, 0.2) is 24.3 Å². The summed E-state index contributed by atoms with van der Waals surface area (Å²) in [6.45, 7) is 4.90. The molecule has 104 valence electrons. The molecular formula is C16H22FNO. The first-order valence-corrected chi connectivity index (χ1v) is 7.08. The summed E-state index contributed by atoms with van der Waals surface area (Å²) in [5.41, 5.74) is 0.892. The molecule has 1 saturated heterocycles. The van der Waals surface area contributed by atoms with Crippen molar-refractivity contribution in [2.45, 2.75) is 51.6 Å². The molecule has 19 heavy (non-hydrogen) atoms. The molecule has 1 aromatic carbocycles. The first-order chi connectivity index (χ1) is 9.06. The minimum absolute atomic E-state index is 0.215. The van der Waals surface area contributed by atoms with Gasteiger partial charge < -0.3 is 0 Å². The Morgan fingerprint density at radius 1 is 1.21 bits per heavy atom. The van der Waals surface area contributed by atoms with E-state index in [0.717, 1.165) is 5.56 Å². The molecule has 0 unspecified atom stereocenters. The predicted octanol–water partition coefficient (Wildman–Crippen LogP) is 3.20. The summed E-state index contributed by atoms with van der Waals surface area (Å²) < 4.78 is 12.8. The average molecular weight is 263 g/mol. The number of hydrogen-bond donors (Lipinski definition) is 0. The molecule has 2 atom stereocenters. The topological polar surface area (TPSA) is 20.3 Å². The molecule has 1 aliphatic rings. The molecule has 0 N–H and O–H groups in total. The summed E-state index contributed by atoms with van der Waals surface area (Å²) in [4.78, 5) is 14.4. The van der Waals surface area contributed by atoms with Crippen LogP contribution < -0.4 is 0 Å². The van der Waals surface area contributed by atoms with Gasteiger partial charge in [-0.2, -0.15) is 0 Å². The van der Waals surface area contributed by atoms with E-state index in [-0.39, 0.29) is 11.6 Å². The Kier molecular flexibility index (Phi) is 4.70. The van der Waals surface area contributed by atoms with Crippen molar-refractivity contribution in [3.63, 3.8) is 0 Å². The summed E-state index contributed by atoms with van der Waals surface area (Å²) in [6, 6.07) is 7.18. The molecule has 0 spiro atoms. The normalized spacial score (nSPS) is 24.4. The van der Waals surface area contributed by atoms with Crippen molar-refractivity contribution in [3.05, 3.63) is 35.6 Å². The summed E-state index contributed by atoms with van der Waals surface area (Å²) in [6.07, 6.45) is 4.00. The number of Topliss-reactive ketones (excluding diaryl/α,β-unsaturated/α-hetero) is 1. The van der Waals surface area contributed by atoms with E-state index in [0.29, 0.717) is 25.0 Å². The fraction of sp³-hybridized carbons (Fsp3) is 0.562. The van der Waals surface area contributed by atoms with Gasteiger partial charge in [0.25, 0.3) is 0 Å². The Morgan fingerprint density at radius 3 is 2.37 bits per heavy atom. The largest absolute Gasteiger partial charge is 0.298 e. The minimum Gasteiger partial charge on any atom is -0.298 e. The molecule has 0 bridgehead atoms. The highest BCUT2D eigenvalue weighted by molar-refractivity contribution is 5.82. The van der Waals surface area contributed by atoms with Gasteiger partial charge in [-0.15, -0.1) is 0 Å². The second-order valence-electron chi connectivity index (χ2n) is 5.64. The summed E-state index contributed by atoms with van der Waals surface area (Å²) in [5, 5.41) is 0. The zero-order valence-electron chi connectivity index (χ0n) is 11.7. The highest BCUT2D eigenvalue weighted by atomic mass is 19.1. The number of ketones is 1. The van der Waals surface area contributed by atoms with Gasteiger partial charge in [-0.3, -0.25) is 9.69 Å². The molecular weight excluding hydrogens is 241 g/mol. The Morgan fingerprint density at radius 2 is 1.79 bits per heavy atom. The molecule has 2 nitrogen and oxygen atoms in total. The Hall–Kier alpha value is -1.22. The van der Waals surface area contributed by atoms with Crippen molar-refractivity contribution in [3.8, 4) is 0 Å². The van der Waals surface area contributed by atoms with Gasteiger partial charge in [0.2, 0.25) is 0 Å². The van der Waals surface area contributed by atoms with Crippen molar-refractivity contribution in [2.24, 2.45) is 0 Å². The zero-order valence-corrected chi connectivity index (χ0v) is 11.7. The number of benzene rings is 1. The number of nitrogens with zero attached hydrogens (tertiary/aromatic N) is 1. The number of hydrogen-bond acceptors (Lipinski definition) is 2. The lowest BCUT2D eigenvalue weighted by atomic mass is 9.96. The fourth-order valence-electron chi connectivity index (χ4n) is 2.88. The van der Waals surface area contributed by atoms with E-state index in [1.54, 1.807) is 12.1 Å². The third kappa shape index (κ3) is 3.87. The third-order valence-corrected chi connectivity index (χ3v) is 4.05. The number of likely N-dealkylation sites (tertiary alicyclic amines) is 1. The number of rotatable bonds is 4. The summed E-state index contributed by atoms with van der Waals surface area (Å²) in [5.74, 6) is -0.0401. The van der Waals surface area contributed by atoms with Crippen molar-refractivity contribution < 1.29 is 9.18 Å². The van der Waals surface area contributed by atoms with Crippen LogP contribution in [0.3, 0.4) is 0 Å². The van der Waals surface area contributed by atoms with Gasteiger partial charge in [-0.25, -0.2) is 4.39 Å². The van der Waals surface area contributed by atoms with E-state index in [2.05, 4.69) is 18.7 Å². The Balaban J connectivity index is 1.91. The first kappa shape index (κ1) is 14.2. The SMILES string of the molecule is C[C@@H]1CCC[C@H](C)N1CC(=O)Cc1ccc(F)cc1. The van der Waals surface area contributed by atoms with Gasteiger partial charge in [0.05, 0.1) is 6.54 Å². The van der Waals surface area contributed by atoms with Crippen LogP contribution in [0.1, 0.15) is 38.7 Å². The van der Waals surface area contributed by atoms with Crippen molar-refractivity contribution in [2.75, 3.05) is 6.54 Å². The third-order valence-electron chi connectivity index (χ3n) is 4.05. The van der Waals surface area contributed by atoms with E-state index in [9.17, 15) is 9.18 Å². The van der Waals surface area contributed by atoms with E-state index in [1.165, 1.54) is 31.4 Å². The van der Waals surface area contributed by atoms with Gasteiger partial charge in [0.1, 0.15) is 5.82 Å². The maximum Gasteiger partial charge on any atom is 0.151 e. The Bertz CT molecular complexity index is 419. The molecule has 2 rings (SSSR count). The predicted molar refractivity (Wildman–Crippen MR) is 74.6 cm³/mol. The molecule has 0 saturated carbocycles. The van der Waals surface area contributed by atoms with E-state index in [1.807, 2.05) is 0 Å². The fourth-order valence-corrected chi connectivity index (χ4v) is 2.88. The molecule has 0 amide bonds. The van der Waals surface area contributed by atoms with Crippen LogP contribution in [-0.4, -0.2) is 29.3 Å². The molecule has 1 fully saturated rings. The minimum atomic E-state index is -0.255. The number of carbonyl (C=O) groups excluding carboxylic acids is 1. The maximum atomic E-state index is 12.8. The second-order valence-corrected chi connectivity index (χ2v) is 5.64. The second kappa shape index (κ2) is 6.29. The van der Waals surface area contributed by atoms with Crippen LogP contribution in [0.2, 0.25) is 0 Å². The van der Waals surface area contributed by atoms with Crippen molar-refractivity contribution in [1.29, 1.82) is 0 Å². The van der Waals surface area contributed by atoms with Gasteiger partial charge in [0, 0.05) is 18.5 Å². The summed E-state index contributed by atoms with van der Waals surface area (Å²) >= 11 is 0. The molecule has 3 heteroatoms. The van der Waals surface area contributed by atoms with Gasteiger partial charge >= 0.3 is 0 Å². The first-order valence-electron chi connectivity index (χ1n) is 7.08. The van der Waals surface area contributed by atoms with Gasteiger partial charge in [-0.1, -0.05) is 18.6 Å². The molecule has 1 aromatic rings. The van der Waals surface area contributed by atoms with Gasteiger partial charge in [-0.05, 0) is 44.4 Å². The number of halogens is 1. The van der Waals surface area contributed by atoms with Crippen LogP contribution in [0, 0.1) is 5.82 Å². The van der Waals surface area contributed by atoms with Gasteiger partial charge in [0.15, 0.2) is 5.78 Å². The molecule has 0 radical (unpaired) electrons. The van der Waals surface area contributed by atoms with Crippen LogP contribution in [-0.2, 0) is 11.2 Å². The molecule has 0 aromatic heterocycles. The highest BCUT2D eigenvalue weighted by Crippen LogP contribution is 2.22. The smallest absolute Gasteiger partial charge is 0.151 e. The average Bonchev–Trinajstić information content (AvgIpc) is 2.37. The maximum absolute atomic E-state index is 12.8. The lowest BCUT2D eigenvalue weighted by Crippen LogP contribution is -2.46. The Labute approximate surface area is 114 Å². The van der Waals surface area contributed by atoms with E-state index < -0.39 is 0 Å². The summed E-state index contributed by atoms with van der Waals surface area (Å²) in [7, 11) is 0. The quantitative estimate of drug-likeness (QED) is 0.831. The molecule has 0 aliphatic carbocycles. The molecule has 1 heterocycles. The lowest BCUT2D eigenvalue weighted by Gasteiger charge is -2.38. The highest BCUT2D eigenvalue weighted by Gasteiger charge is 2.26. The van der Waals surface area contributed by atoms with Crippen LogP contribution >= 0.6 is 0 Å². The van der Waals surface area contributed by atoms with Crippen LogP contribution in [0.4, 0.5) is 4.39 Å². The van der Waals surface area contributed by atoms with E-state index in [4.69, 9.17) is 0 Å². The lowest BCUT2D eigenvalue weighted by molar-refractivity contribution is -0.121. The van der Waals surface area contributed by atoms with Crippen molar-refractivity contribution >= 4 is 5.78 Å². The molecule has 1 aliphatic heterocycles. The van der Waals surface area contributed by atoms with Crippen LogP contribution in [0.25, 0.3) is 0 Å². The zero-order chi connectivity index (χ0) is 13.8.